The Labute approximate surface area is 164 Å². The monoisotopic (exact) mass is 401 g/mol. The van der Waals surface area contributed by atoms with Crippen LogP contribution in [-0.4, -0.2) is 38.8 Å². The summed E-state index contributed by atoms with van der Waals surface area (Å²) in [5.41, 5.74) is 0.419. The van der Waals surface area contributed by atoms with Gasteiger partial charge in [-0.25, -0.2) is 8.42 Å². The molecule has 1 aliphatic heterocycles. The van der Waals surface area contributed by atoms with Crippen LogP contribution in [0.15, 0.2) is 53.4 Å². The maximum atomic E-state index is 12.6. The largest absolute Gasteiger partial charge is 0.486 e. The van der Waals surface area contributed by atoms with E-state index in [1.54, 1.807) is 12.1 Å². The van der Waals surface area contributed by atoms with E-state index in [-0.39, 0.29) is 22.2 Å². The van der Waals surface area contributed by atoms with E-state index in [9.17, 15) is 13.2 Å². The summed E-state index contributed by atoms with van der Waals surface area (Å²) in [7, 11) is -3.31. The Bertz CT molecular complexity index is 949. The van der Waals surface area contributed by atoms with E-state index in [0.717, 1.165) is 25.7 Å². The Morgan fingerprint density at radius 3 is 2.39 bits per heavy atom. The van der Waals surface area contributed by atoms with Crippen molar-refractivity contribution in [2.24, 2.45) is 0 Å². The molecule has 1 heterocycles. The molecule has 2 aromatic carbocycles. The van der Waals surface area contributed by atoms with Gasteiger partial charge >= 0.3 is 0 Å². The van der Waals surface area contributed by atoms with Crippen LogP contribution in [0.3, 0.4) is 0 Å². The number of para-hydroxylation sites is 2. The van der Waals surface area contributed by atoms with Gasteiger partial charge in [0.2, 0.25) is 0 Å². The summed E-state index contributed by atoms with van der Waals surface area (Å²) >= 11 is 0. The number of sulfone groups is 1. The molecule has 4 rings (SSSR count). The minimum absolute atomic E-state index is 0.271. The van der Waals surface area contributed by atoms with Crippen LogP contribution in [0, 0.1) is 0 Å². The normalized spacial score (nSPS) is 19.4. The molecule has 28 heavy (non-hydrogen) atoms. The second-order valence-electron chi connectivity index (χ2n) is 7.18. The fourth-order valence-electron chi connectivity index (χ4n) is 3.66. The van der Waals surface area contributed by atoms with Gasteiger partial charge in [-0.1, -0.05) is 25.0 Å². The SMILES string of the molecule is O=C(NC[C@@H]1COc2ccccc2O1)c1ccc(S(=O)(=O)C2CCCC2)cc1. The van der Waals surface area contributed by atoms with Crippen LogP contribution in [0.1, 0.15) is 36.0 Å². The Morgan fingerprint density at radius 1 is 1.00 bits per heavy atom. The molecule has 0 unspecified atom stereocenters. The maximum Gasteiger partial charge on any atom is 0.251 e. The first-order valence-electron chi connectivity index (χ1n) is 9.55. The third-order valence-electron chi connectivity index (χ3n) is 5.24. The van der Waals surface area contributed by atoms with Gasteiger partial charge in [-0.15, -0.1) is 0 Å². The number of ether oxygens (including phenoxy) is 2. The second-order valence-corrected chi connectivity index (χ2v) is 9.41. The molecule has 1 amide bonds. The number of hydrogen-bond acceptors (Lipinski definition) is 5. The van der Waals surface area contributed by atoms with Crippen molar-refractivity contribution >= 4 is 15.7 Å². The van der Waals surface area contributed by atoms with Crippen LogP contribution in [0.2, 0.25) is 0 Å². The molecule has 1 saturated carbocycles. The molecule has 7 heteroatoms. The van der Waals surface area contributed by atoms with Gasteiger partial charge < -0.3 is 14.8 Å². The van der Waals surface area contributed by atoms with Gasteiger partial charge in [0.25, 0.3) is 5.91 Å². The van der Waals surface area contributed by atoms with Crippen LogP contribution in [-0.2, 0) is 9.84 Å². The number of amides is 1. The predicted molar refractivity (Wildman–Crippen MR) is 105 cm³/mol. The summed E-state index contributed by atoms with van der Waals surface area (Å²) in [6.45, 7) is 0.658. The van der Waals surface area contributed by atoms with E-state index in [1.807, 2.05) is 24.3 Å². The number of carbonyl (C=O) groups excluding carboxylic acids is 1. The molecule has 2 aliphatic rings. The molecular formula is C21H23NO5S. The van der Waals surface area contributed by atoms with E-state index >= 15 is 0 Å². The molecule has 1 atom stereocenters. The summed E-state index contributed by atoms with van der Waals surface area (Å²) in [6, 6.07) is 13.6. The highest BCUT2D eigenvalue weighted by Crippen LogP contribution is 2.31. The van der Waals surface area contributed by atoms with E-state index in [4.69, 9.17) is 9.47 Å². The highest BCUT2D eigenvalue weighted by Gasteiger charge is 2.30. The van der Waals surface area contributed by atoms with Crippen molar-refractivity contribution in [2.45, 2.75) is 41.9 Å². The summed E-state index contributed by atoms with van der Waals surface area (Å²) < 4.78 is 36.7. The van der Waals surface area contributed by atoms with E-state index in [2.05, 4.69) is 5.32 Å². The number of nitrogens with one attached hydrogen (secondary N) is 1. The minimum Gasteiger partial charge on any atom is -0.486 e. The number of hydrogen-bond donors (Lipinski definition) is 1. The van der Waals surface area contributed by atoms with E-state index in [0.29, 0.717) is 30.2 Å². The van der Waals surface area contributed by atoms with E-state index in [1.165, 1.54) is 12.1 Å². The smallest absolute Gasteiger partial charge is 0.251 e. The zero-order valence-corrected chi connectivity index (χ0v) is 16.3. The van der Waals surface area contributed by atoms with Crippen molar-refractivity contribution in [1.29, 1.82) is 0 Å². The topological polar surface area (TPSA) is 81.7 Å². The molecule has 6 nitrogen and oxygen atoms in total. The number of benzene rings is 2. The standard InChI is InChI=1S/C21H23NO5S/c23-21(22-13-16-14-26-19-7-3-4-8-20(19)27-16)15-9-11-18(12-10-15)28(24,25)17-5-1-2-6-17/h3-4,7-12,16-17H,1-2,5-6,13-14H2,(H,22,23)/t16-/m1/s1. The average Bonchev–Trinajstić information content (AvgIpc) is 3.28. The third kappa shape index (κ3) is 3.85. The highest BCUT2D eigenvalue weighted by molar-refractivity contribution is 7.92. The average molecular weight is 401 g/mol. The van der Waals surface area contributed by atoms with Gasteiger partial charge in [0.1, 0.15) is 12.7 Å². The van der Waals surface area contributed by atoms with E-state index < -0.39 is 9.84 Å². The van der Waals surface area contributed by atoms with Gasteiger partial charge in [-0.2, -0.15) is 0 Å². The molecular weight excluding hydrogens is 378 g/mol. The molecule has 0 aromatic heterocycles. The predicted octanol–water partition coefficient (Wildman–Crippen LogP) is 2.97. The number of carbonyl (C=O) groups is 1. The molecule has 0 radical (unpaired) electrons. The minimum atomic E-state index is -3.31. The summed E-state index contributed by atoms with van der Waals surface area (Å²) in [4.78, 5) is 12.7. The van der Waals surface area contributed by atoms with Crippen LogP contribution < -0.4 is 14.8 Å². The first kappa shape index (κ1) is 18.8. The lowest BCUT2D eigenvalue weighted by Gasteiger charge is -2.26. The van der Waals surface area contributed by atoms with Crippen LogP contribution in [0.25, 0.3) is 0 Å². The van der Waals surface area contributed by atoms with Gasteiger partial charge in [0.15, 0.2) is 21.3 Å². The molecule has 2 aromatic rings. The van der Waals surface area contributed by atoms with Crippen LogP contribution in [0.5, 0.6) is 11.5 Å². The van der Waals surface area contributed by atoms with Crippen molar-refractivity contribution in [3.8, 4) is 11.5 Å². The lowest BCUT2D eigenvalue weighted by Crippen LogP contribution is -2.40. The van der Waals surface area contributed by atoms with Crippen molar-refractivity contribution < 1.29 is 22.7 Å². The van der Waals surface area contributed by atoms with Crippen LogP contribution in [0.4, 0.5) is 0 Å². The zero-order valence-electron chi connectivity index (χ0n) is 15.5. The summed E-state index contributed by atoms with van der Waals surface area (Å²) in [6.07, 6.45) is 3.08. The molecule has 1 fully saturated rings. The van der Waals surface area contributed by atoms with Gasteiger partial charge in [-0.05, 0) is 49.2 Å². The highest BCUT2D eigenvalue weighted by atomic mass is 32.2. The van der Waals surface area contributed by atoms with Crippen molar-refractivity contribution in [1.82, 2.24) is 5.32 Å². The van der Waals surface area contributed by atoms with Crippen LogP contribution >= 0.6 is 0 Å². The van der Waals surface area contributed by atoms with Gasteiger partial charge in [0, 0.05) is 5.56 Å². The molecule has 148 valence electrons. The lowest BCUT2D eigenvalue weighted by atomic mass is 10.2. The fraction of sp³-hybridized carbons (Fsp3) is 0.381. The summed E-state index contributed by atoms with van der Waals surface area (Å²) in [5, 5.41) is 2.53. The first-order valence-corrected chi connectivity index (χ1v) is 11.1. The Kier molecular flexibility index (Phi) is 5.26. The Hall–Kier alpha value is -2.54. The fourth-order valence-corrected chi connectivity index (χ4v) is 5.51. The zero-order chi connectivity index (χ0) is 19.6. The molecule has 0 spiro atoms. The number of fused-ring (bicyclic) bond motifs is 1. The number of rotatable bonds is 5. The van der Waals surface area contributed by atoms with Crippen molar-refractivity contribution in [3.05, 3.63) is 54.1 Å². The molecule has 0 bridgehead atoms. The maximum absolute atomic E-state index is 12.6. The molecule has 0 saturated heterocycles. The van der Waals surface area contributed by atoms with Gasteiger partial charge in [-0.3, -0.25) is 4.79 Å². The second kappa shape index (κ2) is 7.83. The third-order valence-corrected chi connectivity index (χ3v) is 7.52. The molecule has 1 N–H and O–H groups in total. The quantitative estimate of drug-likeness (QED) is 0.833. The molecule has 1 aliphatic carbocycles. The summed E-state index contributed by atoms with van der Waals surface area (Å²) in [5.74, 6) is 1.09. The Balaban J connectivity index is 1.35. The van der Waals surface area contributed by atoms with Crippen molar-refractivity contribution in [3.63, 3.8) is 0 Å². The first-order chi connectivity index (χ1) is 13.5. The van der Waals surface area contributed by atoms with Gasteiger partial charge in [0.05, 0.1) is 16.7 Å². The van der Waals surface area contributed by atoms with Crippen molar-refractivity contribution in [2.75, 3.05) is 13.2 Å². The Morgan fingerprint density at radius 2 is 1.68 bits per heavy atom. The lowest BCUT2D eigenvalue weighted by molar-refractivity contribution is 0.0789.